The first kappa shape index (κ1) is 14.1. The van der Waals surface area contributed by atoms with Gasteiger partial charge >= 0.3 is 0 Å². The third-order valence-electron chi connectivity index (χ3n) is 3.51. The zero-order chi connectivity index (χ0) is 15.5. The number of anilines is 2. The van der Waals surface area contributed by atoms with Crippen LogP contribution < -0.4 is 15.8 Å². The molecule has 0 saturated carbocycles. The van der Waals surface area contributed by atoms with Crippen LogP contribution in [-0.4, -0.2) is 12.1 Å². The van der Waals surface area contributed by atoms with Crippen LogP contribution in [0, 0.1) is 5.82 Å². The number of nitrogens with zero attached hydrogens (tertiary/aromatic N) is 1. The molecule has 0 amide bonds. The highest BCUT2D eigenvalue weighted by Gasteiger charge is 2.10. The minimum Gasteiger partial charge on any atom is -0.496 e. The van der Waals surface area contributed by atoms with Gasteiger partial charge in [0, 0.05) is 23.8 Å². The Labute approximate surface area is 127 Å². The zero-order valence-corrected chi connectivity index (χ0v) is 12.1. The van der Waals surface area contributed by atoms with E-state index in [0.717, 1.165) is 22.1 Å². The Morgan fingerprint density at radius 1 is 1.14 bits per heavy atom. The standard InChI is InChI=1S/C17H16FN3O/c1-22-15-7-6-14(19)16-13(15)8-9-20-17(16)21-10-11-2-4-12(18)5-3-11/h2-9H,10,19H2,1H3,(H,20,21). The van der Waals surface area contributed by atoms with E-state index in [2.05, 4.69) is 10.3 Å². The van der Waals surface area contributed by atoms with E-state index in [0.29, 0.717) is 18.1 Å². The number of halogens is 1. The molecule has 2 aromatic carbocycles. The Hall–Kier alpha value is -2.82. The highest BCUT2D eigenvalue weighted by molar-refractivity contribution is 6.03. The average molecular weight is 297 g/mol. The van der Waals surface area contributed by atoms with Crippen molar-refractivity contribution in [1.82, 2.24) is 4.98 Å². The van der Waals surface area contributed by atoms with E-state index < -0.39 is 0 Å². The number of hydrogen-bond donors (Lipinski definition) is 2. The summed E-state index contributed by atoms with van der Waals surface area (Å²) in [6.07, 6.45) is 1.71. The van der Waals surface area contributed by atoms with Gasteiger partial charge in [0.1, 0.15) is 17.4 Å². The first-order chi connectivity index (χ1) is 10.7. The summed E-state index contributed by atoms with van der Waals surface area (Å²) in [4.78, 5) is 4.36. The second-order valence-corrected chi connectivity index (χ2v) is 4.92. The van der Waals surface area contributed by atoms with E-state index in [1.165, 1.54) is 12.1 Å². The summed E-state index contributed by atoms with van der Waals surface area (Å²) >= 11 is 0. The van der Waals surface area contributed by atoms with E-state index in [-0.39, 0.29) is 5.82 Å². The third kappa shape index (κ3) is 2.65. The largest absolute Gasteiger partial charge is 0.496 e. The maximum atomic E-state index is 12.9. The topological polar surface area (TPSA) is 60.2 Å². The highest BCUT2D eigenvalue weighted by atomic mass is 19.1. The summed E-state index contributed by atoms with van der Waals surface area (Å²) in [6.45, 7) is 0.531. The van der Waals surface area contributed by atoms with Crippen LogP contribution in [0.4, 0.5) is 15.9 Å². The van der Waals surface area contributed by atoms with Crippen LogP contribution in [0.15, 0.2) is 48.7 Å². The maximum absolute atomic E-state index is 12.9. The fourth-order valence-electron chi connectivity index (χ4n) is 2.40. The molecule has 1 aromatic heterocycles. The van der Waals surface area contributed by atoms with Gasteiger partial charge in [-0.15, -0.1) is 0 Å². The van der Waals surface area contributed by atoms with Crippen LogP contribution in [0.25, 0.3) is 10.8 Å². The number of nitrogens with two attached hydrogens (primary N) is 1. The van der Waals surface area contributed by atoms with E-state index in [1.807, 2.05) is 12.1 Å². The van der Waals surface area contributed by atoms with Crippen LogP contribution in [0.5, 0.6) is 5.75 Å². The lowest BCUT2D eigenvalue weighted by Crippen LogP contribution is -2.03. The third-order valence-corrected chi connectivity index (χ3v) is 3.51. The Balaban J connectivity index is 1.95. The molecule has 0 fully saturated rings. The second kappa shape index (κ2) is 5.89. The average Bonchev–Trinajstić information content (AvgIpc) is 2.54. The molecule has 0 aliphatic carbocycles. The van der Waals surface area contributed by atoms with Crippen LogP contribution in [-0.2, 0) is 6.54 Å². The number of hydrogen-bond acceptors (Lipinski definition) is 4. The van der Waals surface area contributed by atoms with Gasteiger partial charge in [0.25, 0.3) is 0 Å². The number of methoxy groups -OCH3 is 1. The fourth-order valence-corrected chi connectivity index (χ4v) is 2.40. The van der Waals surface area contributed by atoms with E-state index >= 15 is 0 Å². The SMILES string of the molecule is COc1ccc(N)c2c(NCc3ccc(F)cc3)nccc12. The van der Waals surface area contributed by atoms with Gasteiger partial charge in [-0.2, -0.15) is 0 Å². The van der Waals surface area contributed by atoms with Gasteiger partial charge in [0.2, 0.25) is 0 Å². The van der Waals surface area contributed by atoms with Gasteiger partial charge in [-0.25, -0.2) is 9.37 Å². The Kier molecular flexibility index (Phi) is 3.78. The molecule has 3 N–H and O–H groups in total. The second-order valence-electron chi connectivity index (χ2n) is 4.92. The number of benzene rings is 2. The van der Waals surface area contributed by atoms with Crippen molar-refractivity contribution < 1.29 is 9.13 Å². The van der Waals surface area contributed by atoms with E-state index in [4.69, 9.17) is 10.5 Å². The molecule has 0 bridgehead atoms. The quantitative estimate of drug-likeness (QED) is 0.723. The summed E-state index contributed by atoms with van der Waals surface area (Å²) in [5, 5.41) is 4.97. The predicted molar refractivity (Wildman–Crippen MR) is 86.4 cm³/mol. The van der Waals surface area contributed by atoms with Crippen molar-refractivity contribution in [1.29, 1.82) is 0 Å². The van der Waals surface area contributed by atoms with Gasteiger partial charge in [0.05, 0.1) is 12.5 Å². The molecule has 22 heavy (non-hydrogen) atoms. The minimum absolute atomic E-state index is 0.249. The van der Waals surface area contributed by atoms with E-state index in [9.17, 15) is 4.39 Å². The molecule has 1 heterocycles. The lowest BCUT2D eigenvalue weighted by atomic mass is 10.1. The summed E-state index contributed by atoms with van der Waals surface area (Å²) < 4.78 is 18.3. The molecule has 4 nitrogen and oxygen atoms in total. The number of aromatic nitrogens is 1. The summed E-state index contributed by atoms with van der Waals surface area (Å²) in [5.41, 5.74) is 7.67. The predicted octanol–water partition coefficient (Wildman–Crippen LogP) is 3.58. The van der Waals surface area contributed by atoms with Crippen LogP contribution in [0.3, 0.4) is 0 Å². The van der Waals surface area contributed by atoms with Gasteiger partial charge < -0.3 is 15.8 Å². The molecule has 112 valence electrons. The molecule has 0 saturated heterocycles. The summed E-state index contributed by atoms with van der Waals surface area (Å²) in [5.74, 6) is 1.18. The maximum Gasteiger partial charge on any atom is 0.136 e. The van der Waals surface area contributed by atoms with Crippen LogP contribution in [0.1, 0.15) is 5.56 Å². The first-order valence-electron chi connectivity index (χ1n) is 6.88. The smallest absolute Gasteiger partial charge is 0.136 e. The van der Waals surface area contributed by atoms with Crippen molar-refractivity contribution in [3.05, 3.63) is 60.0 Å². The Bertz CT molecular complexity index is 803. The molecule has 0 radical (unpaired) electrons. The van der Waals surface area contributed by atoms with Crippen LogP contribution in [0.2, 0.25) is 0 Å². The normalized spacial score (nSPS) is 10.6. The number of fused-ring (bicyclic) bond motifs is 1. The molecular weight excluding hydrogens is 281 g/mol. The Morgan fingerprint density at radius 2 is 1.91 bits per heavy atom. The highest BCUT2D eigenvalue weighted by Crippen LogP contribution is 2.33. The summed E-state index contributed by atoms with van der Waals surface area (Å²) in [7, 11) is 1.62. The first-order valence-corrected chi connectivity index (χ1v) is 6.88. The monoisotopic (exact) mass is 297 g/mol. The number of pyridine rings is 1. The fraction of sp³-hybridized carbons (Fsp3) is 0.118. The van der Waals surface area contributed by atoms with Crippen molar-refractivity contribution in [3.8, 4) is 5.75 Å². The number of rotatable bonds is 4. The van der Waals surface area contributed by atoms with Gasteiger partial charge in [-0.3, -0.25) is 0 Å². The Morgan fingerprint density at radius 3 is 2.64 bits per heavy atom. The van der Waals surface area contributed by atoms with Gasteiger partial charge in [-0.1, -0.05) is 12.1 Å². The zero-order valence-electron chi connectivity index (χ0n) is 12.1. The molecular formula is C17H16FN3O. The molecule has 0 aliphatic heterocycles. The number of nitrogen functional groups attached to an aromatic ring is 1. The molecule has 0 atom stereocenters. The minimum atomic E-state index is -0.249. The van der Waals surface area contributed by atoms with Gasteiger partial charge in [0.15, 0.2) is 0 Å². The summed E-state index contributed by atoms with van der Waals surface area (Å²) in [6, 6.07) is 11.8. The van der Waals surface area contributed by atoms with Crippen molar-refractivity contribution in [2.24, 2.45) is 0 Å². The van der Waals surface area contributed by atoms with Crippen LogP contribution >= 0.6 is 0 Å². The van der Waals surface area contributed by atoms with Crippen molar-refractivity contribution in [3.63, 3.8) is 0 Å². The van der Waals surface area contributed by atoms with Crippen molar-refractivity contribution in [2.75, 3.05) is 18.2 Å². The van der Waals surface area contributed by atoms with Crippen molar-refractivity contribution >= 4 is 22.3 Å². The number of nitrogens with one attached hydrogen (secondary N) is 1. The lowest BCUT2D eigenvalue weighted by molar-refractivity contribution is 0.420. The number of ether oxygens (including phenoxy) is 1. The molecule has 5 heteroatoms. The van der Waals surface area contributed by atoms with Crippen molar-refractivity contribution in [2.45, 2.75) is 6.54 Å². The molecule has 3 rings (SSSR count). The lowest BCUT2D eigenvalue weighted by Gasteiger charge is -2.13. The molecule has 0 spiro atoms. The van der Waals surface area contributed by atoms with E-state index in [1.54, 1.807) is 31.5 Å². The van der Waals surface area contributed by atoms with Gasteiger partial charge in [-0.05, 0) is 35.9 Å². The molecule has 0 unspecified atom stereocenters. The molecule has 3 aromatic rings. The molecule has 0 aliphatic rings.